The molecule has 0 spiro atoms. The maximum Gasteiger partial charge on any atom is 0.307 e. The molecule has 0 fully saturated rings. The molecule has 0 radical (unpaired) electrons. The smallest absolute Gasteiger partial charge is 0.307 e. The summed E-state index contributed by atoms with van der Waals surface area (Å²) in [4.78, 5) is 24.6. The van der Waals surface area contributed by atoms with Crippen molar-refractivity contribution in [2.75, 3.05) is 12.8 Å². The van der Waals surface area contributed by atoms with E-state index in [1.54, 1.807) is 11.8 Å². The lowest BCUT2D eigenvalue weighted by Crippen LogP contribution is -2.27. The van der Waals surface area contributed by atoms with E-state index in [1.807, 2.05) is 60.9 Å². The van der Waals surface area contributed by atoms with Crippen molar-refractivity contribution >= 4 is 23.6 Å². The number of rotatable bonds is 8. The van der Waals surface area contributed by atoms with Crippen molar-refractivity contribution in [3.63, 3.8) is 0 Å². The molecule has 0 unspecified atom stereocenters. The predicted octanol–water partition coefficient (Wildman–Crippen LogP) is 3.20. The fraction of sp³-hybridized carbons (Fsp3) is 0.263. The van der Waals surface area contributed by atoms with E-state index in [-0.39, 0.29) is 31.4 Å². The van der Waals surface area contributed by atoms with Gasteiger partial charge < -0.3 is 10.1 Å². The number of hydrogen-bond acceptors (Lipinski definition) is 4. The second-order valence-corrected chi connectivity index (χ2v) is 6.15. The zero-order valence-corrected chi connectivity index (χ0v) is 14.5. The molecule has 4 nitrogen and oxygen atoms in total. The number of thioether (sulfide) groups is 1. The number of carbonyl (C=O) groups is 2. The Kier molecular flexibility index (Phi) is 7.36. The van der Waals surface area contributed by atoms with Gasteiger partial charge in [0.2, 0.25) is 5.91 Å². The van der Waals surface area contributed by atoms with Crippen molar-refractivity contribution in [2.24, 2.45) is 0 Å². The summed E-state index contributed by atoms with van der Waals surface area (Å²) in [6, 6.07) is 17.4. The summed E-state index contributed by atoms with van der Waals surface area (Å²) >= 11 is 1.67. The maximum absolute atomic E-state index is 11.8. The predicted molar refractivity (Wildman–Crippen MR) is 95.8 cm³/mol. The average molecular weight is 343 g/mol. The standard InChI is InChI=1S/C19H21NO3S/c1-24-17-9-7-16(8-10-17)14-23-19(22)11-12-20-18(21)13-15-5-3-2-4-6-15/h2-10H,11-14H2,1H3,(H,20,21). The number of ether oxygens (including phenoxy) is 1. The fourth-order valence-corrected chi connectivity index (χ4v) is 2.51. The number of hydrogen-bond donors (Lipinski definition) is 1. The normalized spacial score (nSPS) is 10.2. The summed E-state index contributed by atoms with van der Waals surface area (Å²) in [5.41, 5.74) is 1.90. The van der Waals surface area contributed by atoms with E-state index in [9.17, 15) is 9.59 Å². The summed E-state index contributed by atoms with van der Waals surface area (Å²) in [5.74, 6) is -0.411. The second kappa shape index (κ2) is 9.78. The van der Waals surface area contributed by atoms with Crippen molar-refractivity contribution in [1.29, 1.82) is 0 Å². The molecule has 0 aliphatic rings. The van der Waals surface area contributed by atoms with Gasteiger partial charge in [0.1, 0.15) is 6.61 Å². The number of nitrogens with one attached hydrogen (secondary N) is 1. The Bertz CT molecular complexity index is 656. The molecule has 126 valence electrons. The quantitative estimate of drug-likeness (QED) is 0.591. The molecule has 0 aliphatic heterocycles. The largest absolute Gasteiger partial charge is 0.461 e. The number of carbonyl (C=O) groups excluding carboxylic acids is 2. The van der Waals surface area contributed by atoms with Gasteiger partial charge in [0, 0.05) is 11.4 Å². The molecule has 2 rings (SSSR count). The first kappa shape index (κ1) is 18.1. The molecule has 2 aromatic rings. The molecule has 0 atom stereocenters. The van der Waals surface area contributed by atoms with Crippen molar-refractivity contribution in [2.45, 2.75) is 24.3 Å². The van der Waals surface area contributed by atoms with Gasteiger partial charge in [0.05, 0.1) is 12.8 Å². The van der Waals surface area contributed by atoms with Gasteiger partial charge in [-0.2, -0.15) is 0 Å². The van der Waals surface area contributed by atoms with Crippen LogP contribution in [0.5, 0.6) is 0 Å². The van der Waals surface area contributed by atoms with Crippen LogP contribution in [-0.4, -0.2) is 24.7 Å². The van der Waals surface area contributed by atoms with E-state index in [2.05, 4.69) is 5.32 Å². The maximum atomic E-state index is 11.8. The third-order valence-corrected chi connectivity index (χ3v) is 4.16. The molecule has 5 heteroatoms. The van der Waals surface area contributed by atoms with Gasteiger partial charge in [0.25, 0.3) is 0 Å². The molecule has 1 amide bonds. The Morgan fingerprint density at radius 1 is 1.00 bits per heavy atom. The fourth-order valence-electron chi connectivity index (χ4n) is 2.11. The van der Waals surface area contributed by atoms with E-state index >= 15 is 0 Å². The molecular formula is C19H21NO3S. The first-order valence-electron chi connectivity index (χ1n) is 7.76. The first-order chi connectivity index (χ1) is 11.7. The zero-order valence-electron chi connectivity index (χ0n) is 13.7. The molecule has 2 aromatic carbocycles. The van der Waals surface area contributed by atoms with E-state index in [1.165, 1.54) is 4.90 Å². The highest BCUT2D eigenvalue weighted by molar-refractivity contribution is 7.98. The average Bonchev–Trinajstić information content (AvgIpc) is 2.61. The van der Waals surface area contributed by atoms with Crippen LogP contribution in [0, 0.1) is 0 Å². The van der Waals surface area contributed by atoms with Crippen LogP contribution in [0.15, 0.2) is 59.5 Å². The highest BCUT2D eigenvalue weighted by Crippen LogP contribution is 2.15. The highest BCUT2D eigenvalue weighted by Gasteiger charge is 2.06. The van der Waals surface area contributed by atoms with Gasteiger partial charge in [-0.15, -0.1) is 11.8 Å². The minimum absolute atomic E-state index is 0.0957. The molecule has 24 heavy (non-hydrogen) atoms. The van der Waals surface area contributed by atoms with Crippen LogP contribution in [0.1, 0.15) is 17.5 Å². The third-order valence-electron chi connectivity index (χ3n) is 3.42. The van der Waals surface area contributed by atoms with Gasteiger partial charge in [-0.25, -0.2) is 0 Å². The van der Waals surface area contributed by atoms with Gasteiger partial charge >= 0.3 is 5.97 Å². The molecular weight excluding hydrogens is 322 g/mol. The van der Waals surface area contributed by atoms with Crippen LogP contribution >= 0.6 is 11.8 Å². The Morgan fingerprint density at radius 3 is 2.38 bits per heavy atom. The van der Waals surface area contributed by atoms with Crippen LogP contribution in [0.4, 0.5) is 0 Å². The van der Waals surface area contributed by atoms with Crippen LogP contribution in [-0.2, 0) is 27.4 Å². The van der Waals surface area contributed by atoms with Gasteiger partial charge in [-0.3, -0.25) is 9.59 Å². The Balaban J connectivity index is 1.63. The highest BCUT2D eigenvalue weighted by atomic mass is 32.2. The van der Waals surface area contributed by atoms with Crippen molar-refractivity contribution < 1.29 is 14.3 Å². The Labute approximate surface area is 146 Å². The zero-order chi connectivity index (χ0) is 17.2. The third kappa shape index (κ3) is 6.46. The summed E-state index contributed by atoms with van der Waals surface area (Å²) in [6.45, 7) is 0.543. The topological polar surface area (TPSA) is 55.4 Å². The van der Waals surface area contributed by atoms with E-state index in [4.69, 9.17) is 4.74 Å². The van der Waals surface area contributed by atoms with Crippen LogP contribution in [0.3, 0.4) is 0 Å². The molecule has 0 saturated heterocycles. The van der Waals surface area contributed by atoms with E-state index in [0.29, 0.717) is 6.42 Å². The van der Waals surface area contributed by atoms with E-state index in [0.717, 1.165) is 11.1 Å². The minimum Gasteiger partial charge on any atom is -0.461 e. The SMILES string of the molecule is CSc1ccc(COC(=O)CCNC(=O)Cc2ccccc2)cc1. The lowest BCUT2D eigenvalue weighted by atomic mass is 10.1. The molecule has 0 aliphatic carbocycles. The van der Waals surface area contributed by atoms with Gasteiger partial charge in [0.15, 0.2) is 0 Å². The Hall–Kier alpha value is -2.27. The van der Waals surface area contributed by atoms with Crippen LogP contribution in [0.2, 0.25) is 0 Å². The van der Waals surface area contributed by atoms with Crippen molar-refractivity contribution in [3.8, 4) is 0 Å². The summed E-state index contributed by atoms with van der Waals surface area (Å²) < 4.78 is 5.20. The summed E-state index contributed by atoms with van der Waals surface area (Å²) in [6.07, 6.45) is 2.50. The Morgan fingerprint density at radius 2 is 1.71 bits per heavy atom. The lowest BCUT2D eigenvalue weighted by molar-refractivity contribution is -0.144. The second-order valence-electron chi connectivity index (χ2n) is 5.27. The summed E-state index contributed by atoms with van der Waals surface area (Å²) in [7, 11) is 0. The number of amides is 1. The van der Waals surface area contributed by atoms with Gasteiger partial charge in [-0.1, -0.05) is 42.5 Å². The number of esters is 1. The minimum atomic E-state index is -0.316. The molecule has 1 N–H and O–H groups in total. The summed E-state index contributed by atoms with van der Waals surface area (Å²) in [5, 5.41) is 2.73. The number of benzene rings is 2. The molecule has 0 heterocycles. The van der Waals surface area contributed by atoms with Crippen molar-refractivity contribution in [3.05, 3.63) is 65.7 Å². The molecule has 0 saturated carbocycles. The molecule has 0 bridgehead atoms. The van der Waals surface area contributed by atoms with Crippen LogP contribution < -0.4 is 5.32 Å². The van der Waals surface area contributed by atoms with Gasteiger partial charge in [-0.05, 0) is 29.5 Å². The first-order valence-corrected chi connectivity index (χ1v) is 8.99. The van der Waals surface area contributed by atoms with E-state index < -0.39 is 0 Å². The van der Waals surface area contributed by atoms with Crippen LogP contribution in [0.25, 0.3) is 0 Å². The monoisotopic (exact) mass is 343 g/mol. The molecule has 0 aromatic heterocycles. The van der Waals surface area contributed by atoms with Crippen molar-refractivity contribution in [1.82, 2.24) is 5.32 Å². The lowest BCUT2D eigenvalue weighted by Gasteiger charge is -2.07.